The standard InChI is InChI=1S/C19H21N3O2S2.ClH/c1-12-9-22(8-7-20-12)18(23)17-15(11-26-19-21-13(2)10-25-19)14-5-3-4-6-16(14)24-17;/h3-6,10,12,20H,7-9,11H2,1-2H3;1H/t12-;/m1./s1. The number of halogens is 1. The van der Waals surface area contributed by atoms with E-state index in [9.17, 15) is 4.79 Å². The lowest BCUT2D eigenvalue weighted by molar-refractivity contribution is 0.0678. The maximum absolute atomic E-state index is 13.1. The van der Waals surface area contributed by atoms with Crippen LogP contribution in [0.5, 0.6) is 0 Å². The fraction of sp³-hybridized carbons (Fsp3) is 0.368. The van der Waals surface area contributed by atoms with Crippen LogP contribution in [0.3, 0.4) is 0 Å². The van der Waals surface area contributed by atoms with Gasteiger partial charge < -0.3 is 14.6 Å². The van der Waals surface area contributed by atoms with Crippen LogP contribution in [-0.2, 0) is 5.75 Å². The first kappa shape index (κ1) is 20.2. The molecular formula is C19H22ClN3O2S2. The van der Waals surface area contributed by atoms with E-state index in [2.05, 4.69) is 17.2 Å². The van der Waals surface area contributed by atoms with Crippen molar-refractivity contribution in [2.75, 3.05) is 19.6 Å². The van der Waals surface area contributed by atoms with Crippen LogP contribution in [0.2, 0.25) is 0 Å². The number of piperazine rings is 1. The van der Waals surface area contributed by atoms with E-state index in [1.807, 2.05) is 41.5 Å². The van der Waals surface area contributed by atoms with Crippen LogP contribution in [-0.4, -0.2) is 41.5 Å². The summed E-state index contributed by atoms with van der Waals surface area (Å²) in [6.07, 6.45) is 0. The van der Waals surface area contributed by atoms with Crippen molar-refractivity contribution in [2.45, 2.75) is 30.0 Å². The zero-order chi connectivity index (χ0) is 18.1. The van der Waals surface area contributed by atoms with Crippen molar-refractivity contribution >= 4 is 52.4 Å². The SMILES string of the molecule is Cc1csc(SCc2c(C(=O)N3CCN[C@H](C)C3)oc3ccccc23)n1.Cl. The minimum absolute atomic E-state index is 0. The van der Waals surface area contributed by atoms with E-state index >= 15 is 0 Å². The van der Waals surface area contributed by atoms with E-state index < -0.39 is 0 Å². The number of rotatable bonds is 4. The Hall–Kier alpha value is -1.54. The first-order valence-electron chi connectivity index (χ1n) is 8.70. The minimum Gasteiger partial charge on any atom is -0.451 e. The molecular weight excluding hydrogens is 402 g/mol. The van der Waals surface area contributed by atoms with Crippen molar-refractivity contribution in [3.05, 3.63) is 46.7 Å². The number of thioether (sulfide) groups is 1. The summed E-state index contributed by atoms with van der Waals surface area (Å²) in [5.74, 6) is 1.13. The number of thiazole rings is 1. The summed E-state index contributed by atoms with van der Waals surface area (Å²) >= 11 is 3.29. The van der Waals surface area contributed by atoms with Gasteiger partial charge in [-0.15, -0.1) is 23.7 Å². The monoisotopic (exact) mass is 423 g/mol. The van der Waals surface area contributed by atoms with Gasteiger partial charge in [-0.1, -0.05) is 30.0 Å². The van der Waals surface area contributed by atoms with Gasteiger partial charge in [-0.3, -0.25) is 4.79 Å². The highest BCUT2D eigenvalue weighted by atomic mass is 35.5. The van der Waals surface area contributed by atoms with Gasteiger partial charge in [0.2, 0.25) is 0 Å². The van der Waals surface area contributed by atoms with E-state index in [0.717, 1.165) is 33.1 Å². The molecule has 1 aromatic carbocycles. The van der Waals surface area contributed by atoms with Crippen LogP contribution in [0, 0.1) is 6.92 Å². The molecule has 0 bridgehead atoms. The second-order valence-electron chi connectivity index (χ2n) is 6.56. The van der Waals surface area contributed by atoms with Crippen LogP contribution in [0.25, 0.3) is 11.0 Å². The third kappa shape index (κ3) is 4.32. The number of hydrogen-bond donors (Lipinski definition) is 1. The van der Waals surface area contributed by atoms with Crippen LogP contribution >= 0.6 is 35.5 Å². The number of nitrogens with zero attached hydrogens (tertiary/aromatic N) is 2. The molecule has 144 valence electrons. The van der Waals surface area contributed by atoms with Gasteiger partial charge in [0.05, 0.1) is 0 Å². The predicted octanol–water partition coefficient (Wildman–Crippen LogP) is 4.35. The van der Waals surface area contributed by atoms with Crippen molar-refractivity contribution in [3.63, 3.8) is 0 Å². The fourth-order valence-electron chi connectivity index (χ4n) is 3.21. The molecule has 0 saturated carbocycles. The molecule has 2 aromatic heterocycles. The second-order valence-corrected chi connectivity index (χ2v) is 8.64. The lowest BCUT2D eigenvalue weighted by atomic mass is 10.1. The van der Waals surface area contributed by atoms with Crippen molar-refractivity contribution in [3.8, 4) is 0 Å². The predicted molar refractivity (Wildman–Crippen MR) is 113 cm³/mol. The number of aromatic nitrogens is 1. The van der Waals surface area contributed by atoms with Gasteiger partial charge in [-0.2, -0.15) is 0 Å². The summed E-state index contributed by atoms with van der Waals surface area (Å²) in [5, 5.41) is 6.43. The maximum atomic E-state index is 13.1. The van der Waals surface area contributed by atoms with Gasteiger partial charge >= 0.3 is 0 Å². The Bertz CT molecular complexity index is 940. The molecule has 8 heteroatoms. The Kier molecular flexibility index (Phi) is 6.47. The topological polar surface area (TPSA) is 58.4 Å². The van der Waals surface area contributed by atoms with Gasteiger partial charge in [0.25, 0.3) is 5.91 Å². The quantitative estimate of drug-likeness (QED) is 0.632. The molecule has 0 aliphatic carbocycles. The molecule has 1 saturated heterocycles. The fourth-order valence-corrected chi connectivity index (χ4v) is 5.08. The Morgan fingerprint density at radius 2 is 2.26 bits per heavy atom. The van der Waals surface area contributed by atoms with Gasteiger partial charge in [-0.25, -0.2) is 4.98 Å². The van der Waals surface area contributed by atoms with Crippen LogP contribution in [0.15, 0.2) is 38.4 Å². The van der Waals surface area contributed by atoms with Gasteiger partial charge in [0.1, 0.15) is 9.92 Å². The number of aryl methyl sites for hydroxylation is 1. The highest BCUT2D eigenvalue weighted by molar-refractivity contribution is 8.00. The number of furan rings is 1. The molecule has 1 atom stereocenters. The van der Waals surface area contributed by atoms with Crippen molar-refractivity contribution in [1.29, 1.82) is 0 Å². The molecule has 3 heterocycles. The molecule has 0 unspecified atom stereocenters. The largest absolute Gasteiger partial charge is 0.451 e. The molecule has 1 N–H and O–H groups in total. The molecule has 1 amide bonds. The Morgan fingerprint density at radius 1 is 1.44 bits per heavy atom. The first-order chi connectivity index (χ1) is 12.6. The zero-order valence-corrected chi connectivity index (χ0v) is 17.7. The summed E-state index contributed by atoms with van der Waals surface area (Å²) in [4.78, 5) is 19.5. The Balaban J connectivity index is 0.00000210. The van der Waals surface area contributed by atoms with Crippen molar-refractivity contribution in [2.24, 2.45) is 0 Å². The number of benzene rings is 1. The van der Waals surface area contributed by atoms with Crippen molar-refractivity contribution < 1.29 is 9.21 Å². The van der Waals surface area contributed by atoms with E-state index in [0.29, 0.717) is 30.6 Å². The summed E-state index contributed by atoms with van der Waals surface area (Å²) in [5.41, 5.74) is 2.76. The maximum Gasteiger partial charge on any atom is 0.290 e. The Morgan fingerprint density at radius 3 is 3.00 bits per heavy atom. The average Bonchev–Trinajstić information content (AvgIpc) is 3.22. The number of carbonyl (C=O) groups excluding carboxylic acids is 1. The summed E-state index contributed by atoms with van der Waals surface area (Å²) in [6, 6.07) is 8.18. The van der Waals surface area contributed by atoms with Crippen LogP contribution < -0.4 is 5.32 Å². The summed E-state index contributed by atoms with van der Waals surface area (Å²) in [6.45, 7) is 6.32. The normalized spacial score (nSPS) is 17.1. The van der Waals surface area contributed by atoms with E-state index in [4.69, 9.17) is 4.42 Å². The highest BCUT2D eigenvalue weighted by Crippen LogP contribution is 2.33. The van der Waals surface area contributed by atoms with Gasteiger partial charge in [-0.05, 0) is 19.9 Å². The highest BCUT2D eigenvalue weighted by Gasteiger charge is 2.28. The third-order valence-corrected chi connectivity index (χ3v) is 6.65. The molecule has 4 rings (SSSR count). The number of carbonyl (C=O) groups is 1. The lowest BCUT2D eigenvalue weighted by Crippen LogP contribution is -2.51. The number of hydrogen-bond acceptors (Lipinski definition) is 6. The summed E-state index contributed by atoms with van der Waals surface area (Å²) < 4.78 is 7.02. The number of para-hydroxylation sites is 1. The smallest absolute Gasteiger partial charge is 0.290 e. The van der Waals surface area contributed by atoms with Gasteiger partial charge in [0.15, 0.2) is 5.76 Å². The van der Waals surface area contributed by atoms with Crippen molar-refractivity contribution in [1.82, 2.24) is 15.2 Å². The molecule has 1 aliphatic heterocycles. The lowest BCUT2D eigenvalue weighted by Gasteiger charge is -2.31. The zero-order valence-electron chi connectivity index (χ0n) is 15.2. The molecule has 27 heavy (non-hydrogen) atoms. The van der Waals surface area contributed by atoms with E-state index in [-0.39, 0.29) is 18.3 Å². The third-order valence-electron chi connectivity index (χ3n) is 4.49. The Labute approximate surface area is 172 Å². The molecule has 3 aromatic rings. The summed E-state index contributed by atoms with van der Waals surface area (Å²) in [7, 11) is 0. The van der Waals surface area contributed by atoms with E-state index in [1.54, 1.807) is 23.1 Å². The molecule has 0 spiro atoms. The molecule has 1 aliphatic rings. The van der Waals surface area contributed by atoms with Gasteiger partial charge in [0, 0.05) is 53.5 Å². The molecule has 0 radical (unpaired) electrons. The molecule has 1 fully saturated rings. The second kappa shape index (κ2) is 8.65. The van der Waals surface area contributed by atoms with Crippen LogP contribution in [0.4, 0.5) is 0 Å². The average molecular weight is 424 g/mol. The minimum atomic E-state index is -0.0135. The number of nitrogens with one attached hydrogen (secondary N) is 1. The van der Waals surface area contributed by atoms with E-state index in [1.165, 1.54) is 0 Å². The number of fused-ring (bicyclic) bond motifs is 1. The number of amides is 1. The molecule has 5 nitrogen and oxygen atoms in total. The van der Waals surface area contributed by atoms with Crippen LogP contribution in [0.1, 0.15) is 28.7 Å². The first-order valence-corrected chi connectivity index (χ1v) is 10.6.